The molecule has 11 heteroatoms. The van der Waals surface area contributed by atoms with Gasteiger partial charge in [0.1, 0.15) is 18.8 Å². The standard InChI is InChI=1S/C30H33N3O8/c1-30(2,3)41-27(36)31-24-16-10-15-23(17-24)18-25(26(34)35)33(29(38)40-20-22-13-8-5-9-14-22)32-28(37)39-19-21-11-6-4-7-12-21/h4-17,25H,18-20H2,1-3H3,(H,31,36)(H,32,37)(H,34,35). The third-order valence-electron chi connectivity index (χ3n) is 5.42. The van der Waals surface area contributed by atoms with E-state index in [2.05, 4.69) is 10.7 Å². The van der Waals surface area contributed by atoms with E-state index in [4.69, 9.17) is 14.2 Å². The monoisotopic (exact) mass is 563 g/mol. The van der Waals surface area contributed by atoms with Gasteiger partial charge in [0.05, 0.1) is 0 Å². The number of benzene rings is 3. The molecular formula is C30H33N3O8. The number of rotatable bonds is 9. The predicted octanol–water partition coefficient (Wildman–Crippen LogP) is 5.51. The van der Waals surface area contributed by atoms with Crippen LogP contribution in [0.1, 0.15) is 37.5 Å². The third-order valence-corrected chi connectivity index (χ3v) is 5.42. The van der Waals surface area contributed by atoms with Crippen molar-refractivity contribution < 1.29 is 38.5 Å². The molecule has 3 N–H and O–H groups in total. The molecule has 41 heavy (non-hydrogen) atoms. The van der Waals surface area contributed by atoms with Gasteiger partial charge in [-0.3, -0.25) is 5.32 Å². The minimum Gasteiger partial charge on any atom is -0.480 e. The quantitative estimate of drug-likeness (QED) is 0.228. The molecule has 11 nitrogen and oxygen atoms in total. The van der Waals surface area contributed by atoms with Gasteiger partial charge in [-0.2, -0.15) is 0 Å². The third kappa shape index (κ3) is 10.6. The van der Waals surface area contributed by atoms with E-state index in [0.29, 0.717) is 27.4 Å². The van der Waals surface area contributed by atoms with Crippen LogP contribution >= 0.6 is 0 Å². The van der Waals surface area contributed by atoms with Crippen LogP contribution in [-0.2, 0) is 38.6 Å². The number of carbonyl (C=O) groups is 4. The van der Waals surface area contributed by atoms with Crippen molar-refractivity contribution in [2.24, 2.45) is 0 Å². The molecule has 3 aromatic rings. The second-order valence-corrected chi connectivity index (χ2v) is 9.97. The van der Waals surface area contributed by atoms with Crippen molar-refractivity contribution >= 4 is 29.9 Å². The summed E-state index contributed by atoms with van der Waals surface area (Å²) in [6, 6.07) is 22.4. The lowest BCUT2D eigenvalue weighted by Crippen LogP contribution is -2.56. The van der Waals surface area contributed by atoms with Crippen molar-refractivity contribution in [2.45, 2.75) is 52.0 Å². The molecule has 0 aliphatic rings. The number of nitrogens with one attached hydrogen (secondary N) is 2. The molecule has 0 radical (unpaired) electrons. The summed E-state index contributed by atoms with van der Waals surface area (Å²) in [6.45, 7) is 4.92. The molecule has 0 heterocycles. The zero-order valence-electron chi connectivity index (χ0n) is 23.0. The number of hydrogen-bond donors (Lipinski definition) is 3. The highest BCUT2D eigenvalue weighted by molar-refractivity contribution is 5.85. The van der Waals surface area contributed by atoms with Gasteiger partial charge in [0.15, 0.2) is 6.04 Å². The molecule has 3 rings (SSSR count). The Balaban J connectivity index is 1.77. The summed E-state index contributed by atoms with van der Waals surface area (Å²) in [5, 5.41) is 13.3. The van der Waals surface area contributed by atoms with Crippen LogP contribution in [0, 0.1) is 0 Å². The van der Waals surface area contributed by atoms with Crippen LogP contribution in [0.4, 0.5) is 20.1 Å². The largest absolute Gasteiger partial charge is 0.480 e. The number of hydrogen-bond acceptors (Lipinski definition) is 7. The average molecular weight is 564 g/mol. The van der Waals surface area contributed by atoms with Crippen molar-refractivity contribution in [1.82, 2.24) is 10.4 Å². The molecule has 3 aromatic carbocycles. The number of aliphatic carboxylic acids is 1. The first-order chi connectivity index (χ1) is 19.5. The molecule has 0 aliphatic heterocycles. The Morgan fingerprint density at radius 2 is 1.34 bits per heavy atom. The van der Waals surface area contributed by atoms with E-state index in [1.165, 1.54) is 0 Å². The van der Waals surface area contributed by atoms with Crippen LogP contribution in [0.25, 0.3) is 0 Å². The predicted molar refractivity (Wildman–Crippen MR) is 150 cm³/mol. The topological polar surface area (TPSA) is 144 Å². The van der Waals surface area contributed by atoms with Crippen molar-refractivity contribution in [3.63, 3.8) is 0 Å². The minimum atomic E-state index is -1.58. The van der Waals surface area contributed by atoms with Crippen molar-refractivity contribution in [2.75, 3.05) is 5.32 Å². The number of anilines is 1. The van der Waals surface area contributed by atoms with E-state index < -0.39 is 35.9 Å². The Hall–Kier alpha value is -5.06. The second-order valence-electron chi connectivity index (χ2n) is 9.97. The molecule has 3 amide bonds. The van der Waals surface area contributed by atoms with Gasteiger partial charge in [-0.1, -0.05) is 72.8 Å². The van der Waals surface area contributed by atoms with E-state index in [1.54, 1.807) is 99.6 Å². The molecule has 0 saturated heterocycles. The zero-order valence-corrected chi connectivity index (χ0v) is 23.0. The first kappa shape index (κ1) is 30.5. The van der Waals surface area contributed by atoms with Gasteiger partial charge >= 0.3 is 24.2 Å². The summed E-state index contributed by atoms with van der Waals surface area (Å²) in [6.07, 6.45) is -3.06. The molecular weight excluding hydrogens is 530 g/mol. The Morgan fingerprint density at radius 3 is 1.90 bits per heavy atom. The van der Waals surface area contributed by atoms with Crippen LogP contribution in [0.5, 0.6) is 0 Å². The molecule has 0 bridgehead atoms. The summed E-state index contributed by atoms with van der Waals surface area (Å²) >= 11 is 0. The lowest BCUT2D eigenvalue weighted by Gasteiger charge is -2.28. The Bertz CT molecular complexity index is 1330. The summed E-state index contributed by atoms with van der Waals surface area (Å²) < 4.78 is 15.8. The van der Waals surface area contributed by atoms with E-state index in [-0.39, 0.29) is 19.6 Å². The SMILES string of the molecule is CC(C)(C)OC(=O)Nc1cccc(CC(C(=O)O)N(NC(=O)OCc2ccccc2)C(=O)OCc2ccccc2)c1. The van der Waals surface area contributed by atoms with Crippen LogP contribution in [0.2, 0.25) is 0 Å². The van der Waals surface area contributed by atoms with Gasteiger partial charge in [0, 0.05) is 12.1 Å². The molecule has 0 fully saturated rings. The van der Waals surface area contributed by atoms with Gasteiger partial charge in [0.2, 0.25) is 0 Å². The van der Waals surface area contributed by atoms with Crippen LogP contribution in [0.15, 0.2) is 84.9 Å². The average Bonchev–Trinajstić information content (AvgIpc) is 2.92. The smallest absolute Gasteiger partial charge is 0.429 e. The van der Waals surface area contributed by atoms with E-state index in [1.807, 2.05) is 6.07 Å². The molecule has 0 saturated carbocycles. The van der Waals surface area contributed by atoms with E-state index >= 15 is 0 Å². The van der Waals surface area contributed by atoms with Gasteiger partial charge in [0.25, 0.3) is 0 Å². The zero-order chi connectivity index (χ0) is 29.8. The summed E-state index contributed by atoms with van der Waals surface area (Å²) in [5.41, 5.74) is 3.69. The number of carboxylic acid groups (broad SMARTS) is 1. The van der Waals surface area contributed by atoms with Crippen LogP contribution in [0.3, 0.4) is 0 Å². The highest BCUT2D eigenvalue weighted by atomic mass is 16.6. The number of ether oxygens (including phenoxy) is 3. The maximum absolute atomic E-state index is 13.1. The van der Waals surface area contributed by atoms with Gasteiger partial charge in [-0.05, 0) is 49.6 Å². The molecule has 216 valence electrons. The normalized spacial score (nSPS) is 11.5. The van der Waals surface area contributed by atoms with Crippen molar-refractivity contribution in [3.8, 4) is 0 Å². The van der Waals surface area contributed by atoms with Gasteiger partial charge < -0.3 is 19.3 Å². The Kier molecular flexibility index (Phi) is 10.7. The highest BCUT2D eigenvalue weighted by Crippen LogP contribution is 2.17. The first-order valence-corrected chi connectivity index (χ1v) is 12.8. The van der Waals surface area contributed by atoms with Crippen molar-refractivity contribution in [1.29, 1.82) is 0 Å². The van der Waals surface area contributed by atoms with Gasteiger partial charge in [-0.15, -0.1) is 0 Å². The maximum atomic E-state index is 13.1. The molecule has 1 atom stereocenters. The number of carboxylic acids is 1. The summed E-state index contributed by atoms with van der Waals surface area (Å²) in [4.78, 5) is 50.3. The highest BCUT2D eigenvalue weighted by Gasteiger charge is 2.33. The fourth-order valence-electron chi connectivity index (χ4n) is 3.60. The second kappa shape index (κ2) is 14.4. The Labute approximate surface area is 238 Å². The Morgan fingerprint density at radius 1 is 0.780 bits per heavy atom. The molecule has 0 spiro atoms. The molecule has 0 aliphatic carbocycles. The molecule has 1 unspecified atom stereocenters. The minimum absolute atomic E-state index is 0.101. The number of amides is 3. The summed E-state index contributed by atoms with van der Waals surface area (Å²) in [7, 11) is 0. The number of hydrazine groups is 1. The maximum Gasteiger partial charge on any atom is 0.429 e. The van der Waals surface area contributed by atoms with E-state index in [9.17, 15) is 24.3 Å². The van der Waals surface area contributed by atoms with Gasteiger partial charge in [-0.25, -0.2) is 29.6 Å². The number of carbonyl (C=O) groups excluding carboxylic acids is 3. The van der Waals surface area contributed by atoms with Crippen molar-refractivity contribution in [3.05, 3.63) is 102 Å². The number of nitrogens with zero attached hydrogens (tertiary/aromatic N) is 1. The fourth-order valence-corrected chi connectivity index (χ4v) is 3.60. The fraction of sp³-hybridized carbons (Fsp3) is 0.267. The summed E-state index contributed by atoms with van der Waals surface area (Å²) in [5.74, 6) is -1.41. The first-order valence-electron chi connectivity index (χ1n) is 12.8. The lowest BCUT2D eigenvalue weighted by molar-refractivity contribution is -0.143. The molecule has 0 aromatic heterocycles. The van der Waals surface area contributed by atoms with Crippen LogP contribution in [-0.4, -0.2) is 46.0 Å². The lowest BCUT2D eigenvalue weighted by atomic mass is 10.0. The van der Waals surface area contributed by atoms with E-state index in [0.717, 1.165) is 0 Å². The van der Waals surface area contributed by atoms with Crippen LogP contribution < -0.4 is 10.7 Å².